The van der Waals surface area contributed by atoms with Crippen molar-refractivity contribution in [1.82, 2.24) is 0 Å². The van der Waals surface area contributed by atoms with Gasteiger partial charge in [0, 0.05) is 17.2 Å². The van der Waals surface area contributed by atoms with E-state index in [0.29, 0.717) is 17.7 Å². The smallest absolute Gasteiger partial charge is 0.158 e. The van der Waals surface area contributed by atoms with E-state index in [1.165, 1.54) is 24.3 Å². The maximum Gasteiger partial charge on any atom is 0.158 e. The maximum absolute atomic E-state index is 15.0. The van der Waals surface area contributed by atoms with Gasteiger partial charge in [-0.1, -0.05) is 19.1 Å². The summed E-state index contributed by atoms with van der Waals surface area (Å²) < 4.78 is 28.6. The van der Waals surface area contributed by atoms with E-state index in [1.807, 2.05) is 6.92 Å². The number of aromatic hydroxyl groups is 2. The quantitative estimate of drug-likeness (QED) is 0.580. The summed E-state index contributed by atoms with van der Waals surface area (Å²) in [6.45, 7) is 1.92. The molecule has 3 aromatic carbocycles. The minimum Gasteiger partial charge on any atom is -0.508 e. The van der Waals surface area contributed by atoms with Crippen molar-refractivity contribution in [1.29, 1.82) is 0 Å². The van der Waals surface area contributed by atoms with Crippen molar-refractivity contribution in [3.05, 3.63) is 101 Å². The van der Waals surface area contributed by atoms with Gasteiger partial charge < -0.3 is 10.2 Å². The van der Waals surface area contributed by atoms with Gasteiger partial charge in [0.05, 0.1) is 5.70 Å². The van der Waals surface area contributed by atoms with Crippen molar-refractivity contribution in [3.8, 4) is 11.5 Å². The highest BCUT2D eigenvalue weighted by molar-refractivity contribution is 5.74. The first kappa shape index (κ1) is 18.8. The molecule has 3 aromatic rings. The Kier molecular flexibility index (Phi) is 4.62. The van der Waals surface area contributed by atoms with Crippen LogP contribution in [0.25, 0.3) is 5.70 Å². The molecule has 0 saturated carbocycles. The molecule has 4 nitrogen and oxygen atoms in total. The summed E-state index contributed by atoms with van der Waals surface area (Å²) in [6.07, 6.45) is 0.501. The van der Waals surface area contributed by atoms with Crippen molar-refractivity contribution in [2.75, 3.05) is 0 Å². The highest BCUT2D eigenvalue weighted by Gasteiger charge is 2.45. The number of hydrogen-bond acceptors (Lipinski definition) is 4. The van der Waals surface area contributed by atoms with Crippen LogP contribution in [0.4, 0.5) is 8.78 Å². The molecule has 1 aliphatic heterocycles. The number of rotatable bonds is 4. The van der Waals surface area contributed by atoms with Crippen LogP contribution in [-0.2, 0) is 5.54 Å². The average molecular weight is 392 g/mol. The van der Waals surface area contributed by atoms with Gasteiger partial charge in [-0.25, -0.2) is 8.78 Å². The molecule has 0 spiro atoms. The summed E-state index contributed by atoms with van der Waals surface area (Å²) in [5, 5.41) is 28.2. The van der Waals surface area contributed by atoms with Gasteiger partial charge in [-0.2, -0.15) is 10.2 Å². The standard InChI is InChI=1S/C23H18F2N2O2/c1-2-19-22(14-3-8-17(28)9-4-14)26-27-23(19,15-5-10-18(29)11-6-15)20-12-7-16(24)13-21(20)25/h3-13,28-29H,2H2,1H3. The van der Waals surface area contributed by atoms with E-state index in [9.17, 15) is 19.0 Å². The second-order valence-corrected chi connectivity index (χ2v) is 6.81. The van der Waals surface area contributed by atoms with Gasteiger partial charge in [0.1, 0.15) is 23.1 Å². The lowest BCUT2D eigenvalue weighted by molar-refractivity contribution is 0.473. The summed E-state index contributed by atoms with van der Waals surface area (Å²) in [5.74, 6) is -1.21. The lowest BCUT2D eigenvalue weighted by Crippen LogP contribution is -2.27. The van der Waals surface area contributed by atoms with Crippen LogP contribution >= 0.6 is 0 Å². The van der Waals surface area contributed by atoms with Crippen LogP contribution in [-0.4, -0.2) is 10.2 Å². The van der Waals surface area contributed by atoms with Crippen molar-refractivity contribution in [2.24, 2.45) is 10.2 Å². The first-order chi connectivity index (χ1) is 14.0. The van der Waals surface area contributed by atoms with Gasteiger partial charge in [0.2, 0.25) is 0 Å². The molecule has 1 unspecified atom stereocenters. The lowest BCUT2D eigenvalue weighted by atomic mass is 9.75. The van der Waals surface area contributed by atoms with E-state index in [4.69, 9.17) is 0 Å². The van der Waals surface area contributed by atoms with Gasteiger partial charge in [-0.15, -0.1) is 0 Å². The number of phenols is 2. The fourth-order valence-corrected chi connectivity index (χ4v) is 3.78. The molecular formula is C23H18F2N2O2. The van der Waals surface area contributed by atoms with Gasteiger partial charge in [-0.3, -0.25) is 0 Å². The predicted molar refractivity (Wildman–Crippen MR) is 105 cm³/mol. The van der Waals surface area contributed by atoms with Gasteiger partial charge in [0.25, 0.3) is 0 Å². The molecule has 0 aromatic heterocycles. The largest absolute Gasteiger partial charge is 0.508 e. The summed E-state index contributed by atoms with van der Waals surface area (Å²) in [7, 11) is 0. The molecular weight excluding hydrogens is 374 g/mol. The SMILES string of the molecule is CCC1=C(c2ccc(O)cc2)N=NC1(c1ccc(O)cc1)c1ccc(F)cc1F. The maximum atomic E-state index is 15.0. The molecule has 146 valence electrons. The fourth-order valence-electron chi connectivity index (χ4n) is 3.78. The minimum absolute atomic E-state index is 0.0687. The normalized spacial score (nSPS) is 18.4. The molecule has 0 amide bonds. The second kappa shape index (κ2) is 7.13. The number of nitrogens with zero attached hydrogens (tertiary/aromatic N) is 2. The Labute approximate surface area is 166 Å². The zero-order valence-electron chi connectivity index (χ0n) is 15.6. The number of benzene rings is 3. The molecule has 0 aliphatic carbocycles. The van der Waals surface area contributed by atoms with Crippen LogP contribution in [0, 0.1) is 11.6 Å². The molecule has 29 heavy (non-hydrogen) atoms. The van der Waals surface area contributed by atoms with Crippen molar-refractivity contribution in [2.45, 2.75) is 18.9 Å². The Morgan fingerprint density at radius 2 is 1.48 bits per heavy atom. The van der Waals surface area contributed by atoms with Crippen LogP contribution in [0.1, 0.15) is 30.0 Å². The third kappa shape index (κ3) is 3.06. The molecule has 0 saturated heterocycles. The molecule has 0 bridgehead atoms. The lowest BCUT2D eigenvalue weighted by Gasteiger charge is -2.30. The third-order valence-electron chi connectivity index (χ3n) is 5.12. The van der Waals surface area contributed by atoms with Crippen LogP contribution in [0.5, 0.6) is 11.5 Å². The molecule has 1 atom stereocenters. The van der Waals surface area contributed by atoms with E-state index in [0.717, 1.165) is 17.2 Å². The highest BCUT2D eigenvalue weighted by atomic mass is 19.1. The van der Waals surface area contributed by atoms with E-state index >= 15 is 0 Å². The molecule has 0 fully saturated rings. The molecule has 0 radical (unpaired) electrons. The Morgan fingerprint density at radius 3 is 2.07 bits per heavy atom. The predicted octanol–water partition coefficient (Wildman–Crippen LogP) is 5.91. The Morgan fingerprint density at radius 1 is 0.862 bits per heavy atom. The molecule has 6 heteroatoms. The summed E-state index contributed by atoms with van der Waals surface area (Å²) in [4.78, 5) is 0. The van der Waals surface area contributed by atoms with Crippen LogP contribution in [0.3, 0.4) is 0 Å². The highest BCUT2D eigenvalue weighted by Crippen LogP contribution is 2.51. The zero-order valence-corrected chi connectivity index (χ0v) is 15.6. The fraction of sp³-hybridized carbons (Fsp3) is 0.130. The van der Waals surface area contributed by atoms with E-state index < -0.39 is 17.2 Å². The topological polar surface area (TPSA) is 65.2 Å². The van der Waals surface area contributed by atoms with Crippen molar-refractivity contribution in [3.63, 3.8) is 0 Å². The van der Waals surface area contributed by atoms with E-state index in [1.54, 1.807) is 36.4 Å². The van der Waals surface area contributed by atoms with Crippen molar-refractivity contribution < 1.29 is 19.0 Å². The first-order valence-corrected chi connectivity index (χ1v) is 9.16. The third-order valence-corrected chi connectivity index (χ3v) is 5.12. The van der Waals surface area contributed by atoms with Gasteiger partial charge >= 0.3 is 0 Å². The number of hydrogen-bond donors (Lipinski definition) is 2. The van der Waals surface area contributed by atoms with Crippen molar-refractivity contribution >= 4 is 5.70 Å². The van der Waals surface area contributed by atoms with Gasteiger partial charge in [0.15, 0.2) is 5.54 Å². The summed E-state index contributed by atoms with van der Waals surface area (Å²) in [6, 6.07) is 16.3. The number of azo groups is 1. The minimum atomic E-state index is -1.28. The Bertz CT molecular complexity index is 1120. The number of halogens is 2. The van der Waals surface area contributed by atoms with Crippen LogP contribution in [0.15, 0.2) is 82.5 Å². The first-order valence-electron chi connectivity index (χ1n) is 9.16. The second-order valence-electron chi connectivity index (χ2n) is 6.81. The molecule has 2 N–H and O–H groups in total. The molecule has 1 heterocycles. The van der Waals surface area contributed by atoms with Crippen LogP contribution in [0.2, 0.25) is 0 Å². The summed E-state index contributed by atoms with van der Waals surface area (Å²) in [5.41, 5.74) is 1.54. The van der Waals surface area contributed by atoms with Crippen LogP contribution < -0.4 is 0 Å². The average Bonchev–Trinajstić information content (AvgIpc) is 3.09. The zero-order chi connectivity index (χ0) is 20.6. The van der Waals surface area contributed by atoms with E-state index in [2.05, 4.69) is 10.2 Å². The monoisotopic (exact) mass is 392 g/mol. The molecule has 1 aliphatic rings. The molecule has 4 rings (SSSR count). The Balaban J connectivity index is 2.02. The van der Waals surface area contributed by atoms with Gasteiger partial charge in [-0.05, 0) is 66.1 Å². The summed E-state index contributed by atoms with van der Waals surface area (Å²) >= 11 is 0. The van der Waals surface area contributed by atoms with E-state index in [-0.39, 0.29) is 17.1 Å². The Hall–Kier alpha value is -3.54. The number of phenolic OH excluding ortho intramolecular Hbond substituents is 2.